The summed E-state index contributed by atoms with van der Waals surface area (Å²) in [6.07, 6.45) is 1.50. The molecule has 1 aliphatic rings. The van der Waals surface area contributed by atoms with Gasteiger partial charge in [0.15, 0.2) is 5.16 Å². The molecule has 10 heteroatoms. The summed E-state index contributed by atoms with van der Waals surface area (Å²) >= 11 is 1.35. The van der Waals surface area contributed by atoms with Crippen LogP contribution in [-0.4, -0.2) is 40.8 Å². The van der Waals surface area contributed by atoms with Crippen LogP contribution in [0.3, 0.4) is 0 Å². The maximum absolute atomic E-state index is 13.7. The summed E-state index contributed by atoms with van der Waals surface area (Å²) in [5.74, 6) is 1.33. The van der Waals surface area contributed by atoms with Gasteiger partial charge >= 0.3 is 0 Å². The number of halogens is 1. The van der Waals surface area contributed by atoms with Gasteiger partial charge in [-0.2, -0.15) is 0 Å². The Bertz CT molecular complexity index is 980. The van der Waals surface area contributed by atoms with E-state index in [0.717, 1.165) is 10.6 Å². The van der Waals surface area contributed by atoms with Gasteiger partial charge in [-0.1, -0.05) is 6.92 Å². The molecule has 1 fully saturated rings. The summed E-state index contributed by atoms with van der Waals surface area (Å²) in [6.45, 7) is 4.29. The molecule has 1 aromatic heterocycles. The third kappa shape index (κ3) is 6.68. The van der Waals surface area contributed by atoms with Gasteiger partial charge in [-0.15, -0.1) is 0 Å². The second-order valence-electron chi connectivity index (χ2n) is 7.16. The van der Waals surface area contributed by atoms with Crippen LogP contribution in [0.4, 0.5) is 21.7 Å². The van der Waals surface area contributed by atoms with Crippen LogP contribution in [-0.2, 0) is 4.79 Å². The highest BCUT2D eigenvalue weighted by Gasteiger charge is 2.24. The normalized spacial score (nSPS) is 16.3. The number of rotatable bonds is 8. The molecule has 2 heterocycles. The highest BCUT2D eigenvalue weighted by molar-refractivity contribution is 7.99. The van der Waals surface area contributed by atoms with Crippen LogP contribution >= 0.6 is 11.8 Å². The maximum Gasteiger partial charge on any atom is 0.224 e. The molecule has 1 saturated heterocycles. The molecular weight excluding hydrogens is 417 g/mol. The molecule has 0 aliphatic carbocycles. The Morgan fingerprint density at radius 1 is 1.35 bits per heavy atom. The summed E-state index contributed by atoms with van der Waals surface area (Å²) < 4.78 is 13.7. The van der Waals surface area contributed by atoms with Crippen molar-refractivity contribution >= 4 is 40.7 Å². The predicted molar refractivity (Wildman–Crippen MR) is 123 cm³/mol. The van der Waals surface area contributed by atoms with Crippen molar-refractivity contribution in [3.63, 3.8) is 0 Å². The molecule has 0 radical (unpaired) electrons. The number of amides is 1. The summed E-state index contributed by atoms with van der Waals surface area (Å²) in [4.78, 5) is 23.4. The monoisotopic (exact) mass is 443 g/mol. The fourth-order valence-electron chi connectivity index (χ4n) is 2.99. The number of aromatic nitrogens is 2. The third-order valence-electron chi connectivity index (χ3n) is 4.46. The molecule has 5 N–H and O–H groups in total. The molecule has 3 rings (SSSR count). The van der Waals surface area contributed by atoms with Crippen LogP contribution in [0.15, 0.2) is 52.3 Å². The van der Waals surface area contributed by atoms with Crippen LogP contribution in [0.1, 0.15) is 26.7 Å². The number of nitrogens with two attached hydrogens (primary N) is 1. The zero-order valence-corrected chi connectivity index (χ0v) is 18.3. The molecule has 1 unspecified atom stereocenters. The van der Waals surface area contributed by atoms with Crippen molar-refractivity contribution in [2.45, 2.75) is 42.9 Å². The minimum absolute atomic E-state index is 0.0465. The minimum Gasteiger partial charge on any atom is -0.385 e. The number of carbonyl (C=O) groups is 1. The molecule has 2 aromatic rings. The molecule has 1 aromatic carbocycles. The molecular formula is C21H26FN7OS. The number of alkyl halides is 1. The number of nitrogens with one attached hydrogen (secondary N) is 3. The maximum atomic E-state index is 13.7. The van der Waals surface area contributed by atoms with Crippen molar-refractivity contribution in [1.29, 1.82) is 5.41 Å². The highest BCUT2D eigenvalue weighted by atomic mass is 32.2. The Balaban J connectivity index is 1.83. The summed E-state index contributed by atoms with van der Waals surface area (Å²) in [6, 6.07) is 9.12. The topological polar surface area (TPSA) is 120 Å². The predicted octanol–water partition coefficient (Wildman–Crippen LogP) is 3.78. The third-order valence-corrected chi connectivity index (χ3v) is 5.33. The number of hydrogen-bond donors (Lipinski definition) is 4. The van der Waals surface area contributed by atoms with Crippen molar-refractivity contribution in [3.05, 3.63) is 42.2 Å². The molecule has 0 saturated carbocycles. The summed E-state index contributed by atoms with van der Waals surface area (Å²) in [5, 5.41) is 13.8. The van der Waals surface area contributed by atoms with Gasteiger partial charge in [-0.05, 0) is 55.4 Å². The lowest BCUT2D eigenvalue weighted by molar-refractivity contribution is -0.115. The first kappa shape index (κ1) is 22.5. The average molecular weight is 444 g/mol. The number of nitrogens with zero attached hydrogens (tertiary/aromatic N) is 3. The Hall–Kier alpha value is -3.14. The van der Waals surface area contributed by atoms with Crippen molar-refractivity contribution in [2.24, 2.45) is 5.73 Å². The molecule has 1 aliphatic heterocycles. The zero-order valence-electron chi connectivity index (χ0n) is 17.5. The zero-order chi connectivity index (χ0) is 22.4. The fraction of sp³-hybridized carbons (Fsp3) is 0.333. The van der Waals surface area contributed by atoms with Crippen molar-refractivity contribution in [1.82, 2.24) is 9.97 Å². The van der Waals surface area contributed by atoms with E-state index in [0.29, 0.717) is 41.9 Å². The van der Waals surface area contributed by atoms with Gasteiger partial charge in [0.2, 0.25) is 5.91 Å². The van der Waals surface area contributed by atoms with Gasteiger partial charge in [0.1, 0.15) is 23.6 Å². The van der Waals surface area contributed by atoms with Crippen molar-refractivity contribution < 1.29 is 9.18 Å². The first-order valence-electron chi connectivity index (χ1n) is 9.97. The van der Waals surface area contributed by atoms with E-state index in [9.17, 15) is 9.18 Å². The van der Waals surface area contributed by atoms with Crippen LogP contribution in [0.25, 0.3) is 0 Å². The van der Waals surface area contributed by atoms with Crippen LogP contribution in [0.5, 0.6) is 0 Å². The Morgan fingerprint density at radius 2 is 2.10 bits per heavy atom. The molecule has 0 spiro atoms. The second-order valence-corrected chi connectivity index (χ2v) is 8.20. The van der Waals surface area contributed by atoms with E-state index in [2.05, 4.69) is 20.6 Å². The molecule has 1 atom stereocenters. The lowest BCUT2D eigenvalue weighted by Crippen LogP contribution is -2.22. The van der Waals surface area contributed by atoms with Gasteiger partial charge in [-0.3, -0.25) is 4.79 Å². The van der Waals surface area contributed by atoms with E-state index >= 15 is 0 Å². The van der Waals surface area contributed by atoms with Gasteiger partial charge < -0.3 is 26.7 Å². The smallest absolute Gasteiger partial charge is 0.224 e. The lowest BCUT2D eigenvalue weighted by atomic mass is 10.3. The molecule has 0 bridgehead atoms. The number of benzene rings is 1. The average Bonchev–Trinajstić information content (AvgIpc) is 3.15. The van der Waals surface area contributed by atoms with Crippen molar-refractivity contribution in [2.75, 3.05) is 28.6 Å². The Kier molecular flexibility index (Phi) is 7.45. The van der Waals surface area contributed by atoms with Gasteiger partial charge in [-0.25, -0.2) is 14.4 Å². The molecule has 8 nitrogen and oxygen atoms in total. The first-order chi connectivity index (χ1) is 14.8. The van der Waals surface area contributed by atoms with E-state index in [-0.39, 0.29) is 18.3 Å². The number of anilines is 3. The van der Waals surface area contributed by atoms with Gasteiger partial charge in [0.25, 0.3) is 0 Å². The number of hydrogen-bond acceptors (Lipinski definition) is 8. The largest absolute Gasteiger partial charge is 0.385 e. The van der Waals surface area contributed by atoms with Crippen LogP contribution < -0.4 is 21.3 Å². The first-order valence-corrected chi connectivity index (χ1v) is 10.8. The summed E-state index contributed by atoms with van der Waals surface area (Å²) in [5.41, 5.74) is 6.97. The van der Waals surface area contributed by atoms with Crippen LogP contribution in [0, 0.1) is 5.41 Å². The fourth-order valence-corrected chi connectivity index (χ4v) is 3.75. The van der Waals surface area contributed by atoms with E-state index in [4.69, 9.17) is 11.1 Å². The van der Waals surface area contributed by atoms with E-state index < -0.39 is 6.17 Å². The molecule has 31 heavy (non-hydrogen) atoms. The standard InChI is InChI=1S/C21H26FN7OS/c1-3-20(30)25-15-4-6-16(7-5-15)31-21-27-18(26-17(24)10-13(2)23)11-19(28-21)29-9-8-14(22)12-29/h4-7,10-11,14,23H,3,8-9,12,24H2,1-2H3,(H,25,30)(H,26,27,28)/b17-10+,23-13?. The SMILES string of the molecule is CCC(=O)Nc1ccc(Sc2nc(N/C(N)=C/C(C)=N)cc(N3CCC(F)C3)n2)cc1. The Labute approximate surface area is 185 Å². The highest BCUT2D eigenvalue weighted by Crippen LogP contribution is 2.30. The van der Waals surface area contributed by atoms with E-state index in [1.807, 2.05) is 29.2 Å². The molecule has 164 valence electrons. The molecule has 1 amide bonds. The Morgan fingerprint density at radius 3 is 2.71 bits per heavy atom. The summed E-state index contributed by atoms with van der Waals surface area (Å²) in [7, 11) is 0. The number of carbonyl (C=O) groups excluding carboxylic acids is 1. The number of allylic oxidation sites excluding steroid dienone is 1. The van der Waals surface area contributed by atoms with E-state index in [1.165, 1.54) is 17.8 Å². The van der Waals surface area contributed by atoms with Crippen LogP contribution in [0.2, 0.25) is 0 Å². The quantitative estimate of drug-likeness (QED) is 0.362. The lowest BCUT2D eigenvalue weighted by Gasteiger charge is -2.18. The van der Waals surface area contributed by atoms with Gasteiger partial charge in [0, 0.05) is 35.3 Å². The second kappa shape index (κ2) is 10.3. The van der Waals surface area contributed by atoms with E-state index in [1.54, 1.807) is 19.9 Å². The minimum atomic E-state index is -0.876. The van der Waals surface area contributed by atoms with Crippen molar-refractivity contribution in [3.8, 4) is 0 Å². The van der Waals surface area contributed by atoms with Gasteiger partial charge in [0.05, 0.1) is 6.54 Å².